The van der Waals surface area contributed by atoms with Gasteiger partial charge in [-0.3, -0.25) is 4.18 Å². The van der Waals surface area contributed by atoms with Crippen molar-refractivity contribution < 1.29 is 50.3 Å². The van der Waals surface area contributed by atoms with E-state index in [2.05, 4.69) is 4.18 Å². The van der Waals surface area contributed by atoms with E-state index >= 15 is 0 Å². The molecule has 0 N–H and O–H groups in total. The van der Waals surface area contributed by atoms with Crippen molar-refractivity contribution in [3.63, 3.8) is 0 Å². The number of hydrogen-bond acceptors (Lipinski definition) is 11. The Labute approximate surface area is 189 Å². The SMILES string of the molecule is O=S(=O)([O-])OCCOCCOCCOCCOCCOCCOCCOc1ccccc1. The van der Waals surface area contributed by atoms with Gasteiger partial charge in [0.15, 0.2) is 0 Å². The molecule has 0 amide bonds. The van der Waals surface area contributed by atoms with Crippen LogP contribution in [0.1, 0.15) is 0 Å². The zero-order valence-electron chi connectivity index (χ0n) is 18.2. The summed E-state index contributed by atoms with van der Waals surface area (Å²) in [7, 11) is -4.66. The van der Waals surface area contributed by atoms with Crippen molar-refractivity contribution in [2.45, 2.75) is 0 Å². The maximum atomic E-state index is 10.2. The normalized spacial score (nSPS) is 11.7. The lowest BCUT2D eigenvalue weighted by Crippen LogP contribution is -2.15. The quantitative estimate of drug-likeness (QED) is 0.124. The van der Waals surface area contributed by atoms with E-state index in [1.165, 1.54) is 0 Å². The highest BCUT2D eigenvalue weighted by molar-refractivity contribution is 7.80. The molecule has 0 aliphatic rings. The standard InChI is InChI=1S/C20H34O11S/c21-32(22,23)31-19-17-29-15-13-27-11-9-25-7-6-24-8-10-26-12-14-28-16-18-30-20-4-2-1-3-5-20/h1-5H,6-19H2,(H,21,22,23)/p-1. The van der Waals surface area contributed by atoms with Gasteiger partial charge in [-0.1, -0.05) is 18.2 Å². The van der Waals surface area contributed by atoms with Gasteiger partial charge in [-0.25, -0.2) is 8.42 Å². The van der Waals surface area contributed by atoms with Gasteiger partial charge >= 0.3 is 0 Å². The van der Waals surface area contributed by atoms with E-state index in [-0.39, 0.29) is 19.8 Å². The number of para-hydroxylation sites is 1. The minimum absolute atomic E-state index is 0.000870. The zero-order valence-corrected chi connectivity index (χ0v) is 19.0. The highest BCUT2D eigenvalue weighted by atomic mass is 32.3. The first-order valence-electron chi connectivity index (χ1n) is 10.3. The predicted octanol–water partition coefficient (Wildman–Crippen LogP) is 0.642. The summed E-state index contributed by atoms with van der Waals surface area (Å²) in [6.45, 7) is 4.97. The molecule has 0 aliphatic heterocycles. The predicted molar refractivity (Wildman–Crippen MR) is 113 cm³/mol. The first-order chi connectivity index (χ1) is 15.6. The van der Waals surface area contributed by atoms with Crippen molar-refractivity contribution in [1.82, 2.24) is 0 Å². The van der Waals surface area contributed by atoms with Crippen LogP contribution in [0, 0.1) is 0 Å². The smallest absolute Gasteiger partial charge is 0.217 e. The van der Waals surface area contributed by atoms with Crippen molar-refractivity contribution in [3.8, 4) is 5.75 Å². The molecule has 0 saturated heterocycles. The fraction of sp³-hybridized carbons (Fsp3) is 0.700. The Balaban J connectivity index is 1.67. The Morgan fingerprint density at radius 1 is 0.531 bits per heavy atom. The highest BCUT2D eigenvalue weighted by Gasteiger charge is 1.96. The van der Waals surface area contributed by atoms with Crippen LogP contribution in [0.15, 0.2) is 30.3 Å². The van der Waals surface area contributed by atoms with Gasteiger partial charge in [-0.15, -0.1) is 0 Å². The lowest BCUT2D eigenvalue weighted by atomic mass is 10.3. The van der Waals surface area contributed by atoms with Gasteiger partial charge in [0.2, 0.25) is 10.4 Å². The Hall–Kier alpha value is -1.35. The Morgan fingerprint density at radius 3 is 1.25 bits per heavy atom. The minimum atomic E-state index is -4.66. The topological polar surface area (TPSA) is 131 Å². The summed E-state index contributed by atoms with van der Waals surface area (Å²) in [6.07, 6.45) is 0. The average Bonchev–Trinajstić information content (AvgIpc) is 2.77. The summed E-state index contributed by atoms with van der Waals surface area (Å²) in [5.74, 6) is 0.828. The van der Waals surface area contributed by atoms with Crippen LogP contribution in [0.5, 0.6) is 5.75 Å². The van der Waals surface area contributed by atoms with Crippen molar-refractivity contribution >= 4 is 10.4 Å². The average molecular weight is 482 g/mol. The maximum Gasteiger partial charge on any atom is 0.217 e. The van der Waals surface area contributed by atoms with Crippen LogP contribution in [-0.2, 0) is 43.0 Å². The molecule has 0 saturated carbocycles. The third kappa shape index (κ3) is 20.5. The lowest BCUT2D eigenvalue weighted by molar-refractivity contribution is -0.0188. The molecule has 186 valence electrons. The van der Waals surface area contributed by atoms with E-state index in [4.69, 9.17) is 33.2 Å². The molecule has 0 aliphatic carbocycles. The van der Waals surface area contributed by atoms with E-state index in [0.29, 0.717) is 72.7 Å². The molecule has 0 heterocycles. The molecule has 1 aromatic rings. The second-order valence-electron chi connectivity index (χ2n) is 6.07. The molecule has 12 heteroatoms. The summed E-state index contributed by atoms with van der Waals surface area (Å²) in [4.78, 5) is 0. The molecule has 0 radical (unpaired) electrons. The van der Waals surface area contributed by atoms with Crippen molar-refractivity contribution in [1.29, 1.82) is 0 Å². The van der Waals surface area contributed by atoms with Gasteiger partial charge < -0.3 is 37.7 Å². The molecule has 0 aromatic heterocycles. The largest absolute Gasteiger partial charge is 0.726 e. The summed E-state index contributed by atoms with van der Waals surface area (Å²) in [5, 5.41) is 0. The number of ether oxygens (including phenoxy) is 7. The fourth-order valence-corrected chi connectivity index (χ4v) is 2.40. The van der Waals surface area contributed by atoms with Gasteiger partial charge in [-0.05, 0) is 12.1 Å². The van der Waals surface area contributed by atoms with Crippen LogP contribution in [0.25, 0.3) is 0 Å². The van der Waals surface area contributed by atoms with E-state index < -0.39 is 10.4 Å². The Bertz CT molecular complexity index is 628. The molecular formula is C20H33O11S-. The first-order valence-corrected chi connectivity index (χ1v) is 11.7. The summed E-state index contributed by atoms with van der Waals surface area (Å²) in [5.41, 5.74) is 0. The van der Waals surface area contributed by atoms with Gasteiger partial charge in [0.05, 0.1) is 85.9 Å². The second kappa shape index (κ2) is 20.3. The summed E-state index contributed by atoms with van der Waals surface area (Å²) < 4.78 is 71.9. The van der Waals surface area contributed by atoms with Gasteiger partial charge in [-0.2, -0.15) is 0 Å². The number of benzene rings is 1. The van der Waals surface area contributed by atoms with Crippen LogP contribution >= 0.6 is 0 Å². The van der Waals surface area contributed by atoms with E-state index in [0.717, 1.165) is 5.75 Å². The molecule has 1 aromatic carbocycles. The monoisotopic (exact) mass is 481 g/mol. The van der Waals surface area contributed by atoms with Crippen molar-refractivity contribution in [3.05, 3.63) is 30.3 Å². The van der Waals surface area contributed by atoms with Crippen molar-refractivity contribution in [2.75, 3.05) is 92.5 Å². The van der Waals surface area contributed by atoms with Crippen LogP contribution < -0.4 is 4.74 Å². The molecule has 1 rings (SSSR count). The highest BCUT2D eigenvalue weighted by Crippen LogP contribution is 2.07. The summed E-state index contributed by atoms with van der Waals surface area (Å²) >= 11 is 0. The molecule has 0 bridgehead atoms. The molecule has 0 atom stereocenters. The van der Waals surface area contributed by atoms with Crippen LogP contribution in [0.4, 0.5) is 0 Å². The minimum Gasteiger partial charge on any atom is -0.726 e. The van der Waals surface area contributed by atoms with Crippen molar-refractivity contribution in [2.24, 2.45) is 0 Å². The maximum absolute atomic E-state index is 10.2. The fourth-order valence-electron chi connectivity index (χ4n) is 2.13. The van der Waals surface area contributed by atoms with E-state index in [9.17, 15) is 13.0 Å². The van der Waals surface area contributed by atoms with Gasteiger partial charge in [0, 0.05) is 0 Å². The molecule has 0 fully saturated rings. The molecule has 32 heavy (non-hydrogen) atoms. The molecule has 11 nitrogen and oxygen atoms in total. The molecular weight excluding hydrogens is 448 g/mol. The molecule has 0 unspecified atom stereocenters. The Kier molecular flexibility index (Phi) is 18.2. The van der Waals surface area contributed by atoms with Gasteiger partial charge in [0.25, 0.3) is 0 Å². The third-order valence-corrected chi connectivity index (χ3v) is 4.01. The summed E-state index contributed by atoms with van der Waals surface area (Å²) in [6, 6.07) is 9.58. The molecule has 0 spiro atoms. The Morgan fingerprint density at radius 2 is 0.875 bits per heavy atom. The van der Waals surface area contributed by atoms with Crippen LogP contribution in [0.3, 0.4) is 0 Å². The lowest BCUT2D eigenvalue weighted by Gasteiger charge is -2.09. The number of rotatable bonds is 23. The second-order valence-corrected chi connectivity index (χ2v) is 7.12. The van der Waals surface area contributed by atoms with Gasteiger partial charge in [0.1, 0.15) is 12.4 Å². The van der Waals surface area contributed by atoms with Crippen LogP contribution in [0.2, 0.25) is 0 Å². The third-order valence-electron chi connectivity index (χ3n) is 3.55. The van der Waals surface area contributed by atoms with E-state index in [1.54, 1.807) is 0 Å². The zero-order chi connectivity index (χ0) is 23.2. The van der Waals surface area contributed by atoms with Crippen LogP contribution in [-0.4, -0.2) is 105 Å². The van der Waals surface area contributed by atoms with E-state index in [1.807, 2.05) is 30.3 Å². The number of hydrogen-bond donors (Lipinski definition) is 0. The first kappa shape index (κ1) is 28.7.